The molecule has 5 rings (SSSR count). The molecule has 0 aliphatic rings. The largest absolute Gasteiger partial charge is 0.218 e. The van der Waals surface area contributed by atoms with Crippen LogP contribution in [0.3, 0.4) is 0 Å². The molecule has 5 aromatic rings. The Hall–Kier alpha value is -3.52. The Bertz CT molecular complexity index is 1570. The van der Waals surface area contributed by atoms with E-state index in [0.29, 0.717) is 0 Å². The van der Waals surface area contributed by atoms with E-state index >= 15 is 0 Å². The van der Waals surface area contributed by atoms with E-state index in [2.05, 4.69) is 137 Å². The first-order valence-corrected chi connectivity index (χ1v) is 12.1. The van der Waals surface area contributed by atoms with Crippen LogP contribution < -0.4 is 9.13 Å². The number of aryl methyl sites for hydroxylation is 3. The minimum absolute atomic E-state index is 0.0274. The normalized spacial score (nSPS) is 12.0. The Morgan fingerprint density at radius 1 is 0.676 bits per heavy atom. The minimum atomic E-state index is 0.0274. The second-order valence-corrected chi connectivity index (χ2v) is 10.6. The number of rotatable bonds is 2. The monoisotopic (exact) mass is 446 g/mol. The lowest BCUT2D eigenvalue weighted by atomic mass is 9.83. The zero-order chi connectivity index (χ0) is 24.2. The third-order valence-electron chi connectivity index (χ3n) is 7.16. The molecule has 2 heteroatoms. The summed E-state index contributed by atoms with van der Waals surface area (Å²) in [6.07, 6.45) is 0. The molecule has 3 aromatic carbocycles. The predicted octanol–water partition coefficient (Wildman–Crippen LogP) is 6.98. The number of aromatic nitrogens is 2. The highest BCUT2D eigenvalue weighted by Crippen LogP contribution is 2.34. The summed E-state index contributed by atoms with van der Waals surface area (Å²) in [6, 6.07) is 28.9. The molecule has 0 aliphatic heterocycles. The van der Waals surface area contributed by atoms with E-state index in [1.807, 2.05) is 0 Å². The Labute approximate surface area is 203 Å². The van der Waals surface area contributed by atoms with Crippen LogP contribution in [-0.4, -0.2) is 0 Å². The summed E-state index contributed by atoms with van der Waals surface area (Å²) in [7, 11) is 2.20. The van der Waals surface area contributed by atoms with Crippen LogP contribution in [-0.2, 0) is 12.5 Å². The lowest BCUT2D eigenvalue weighted by Gasteiger charge is -2.22. The van der Waals surface area contributed by atoms with Crippen molar-refractivity contribution in [3.05, 3.63) is 101 Å². The molecule has 0 saturated carbocycles. The molecule has 0 bridgehead atoms. The second-order valence-electron chi connectivity index (χ2n) is 10.6. The maximum atomic E-state index is 2.43. The van der Waals surface area contributed by atoms with Gasteiger partial charge in [0.1, 0.15) is 7.05 Å². The SMILES string of the molecule is Cc1cc2ccccc2[n+](C)c1-c1cc(C(C)(C)C)cc(-[n+]2c(C)ccc3ccccc32)c1C. The quantitative estimate of drug-likeness (QED) is 0.258. The van der Waals surface area contributed by atoms with Crippen LogP contribution >= 0.6 is 0 Å². The van der Waals surface area contributed by atoms with Crippen LogP contribution in [0, 0.1) is 20.8 Å². The zero-order valence-corrected chi connectivity index (χ0v) is 21.4. The van der Waals surface area contributed by atoms with Gasteiger partial charge < -0.3 is 0 Å². The van der Waals surface area contributed by atoms with Gasteiger partial charge in [-0.15, -0.1) is 0 Å². The number of nitrogens with zero attached hydrogens (tertiary/aromatic N) is 2. The first-order chi connectivity index (χ1) is 16.2. The van der Waals surface area contributed by atoms with Crippen LogP contribution in [0.4, 0.5) is 0 Å². The highest BCUT2D eigenvalue weighted by Gasteiger charge is 2.29. The highest BCUT2D eigenvalue weighted by molar-refractivity contribution is 5.81. The summed E-state index contributed by atoms with van der Waals surface area (Å²) >= 11 is 0. The molecule has 2 nitrogen and oxygen atoms in total. The summed E-state index contributed by atoms with van der Waals surface area (Å²) in [5.74, 6) is 0. The van der Waals surface area contributed by atoms with E-state index in [9.17, 15) is 0 Å². The lowest BCUT2D eigenvalue weighted by Crippen LogP contribution is -2.38. The third kappa shape index (κ3) is 3.58. The van der Waals surface area contributed by atoms with Gasteiger partial charge in [-0.05, 0) is 55.2 Å². The van der Waals surface area contributed by atoms with Gasteiger partial charge in [-0.3, -0.25) is 0 Å². The van der Waals surface area contributed by atoms with Crippen molar-refractivity contribution in [2.24, 2.45) is 7.05 Å². The van der Waals surface area contributed by atoms with E-state index in [-0.39, 0.29) is 5.41 Å². The third-order valence-corrected chi connectivity index (χ3v) is 7.16. The van der Waals surface area contributed by atoms with Crippen molar-refractivity contribution in [3.63, 3.8) is 0 Å². The Morgan fingerprint density at radius 3 is 2.03 bits per heavy atom. The van der Waals surface area contributed by atoms with E-state index in [4.69, 9.17) is 0 Å². The molecule has 0 radical (unpaired) electrons. The molecule has 0 N–H and O–H groups in total. The number of para-hydroxylation sites is 2. The molecule has 0 fully saturated rings. The average molecular weight is 447 g/mol. The fourth-order valence-electron chi connectivity index (χ4n) is 5.23. The smallest absolute Gasteiger partial charge is 0.194 e. The fraction of sp³-hybridized carbons (Fsp3) is 0.250. The van der Waals surface area contributed by atoms with Crippen molar-refractivity contribution in [3.8, 4) is 16.9 Å². The topological polar surface area (TPSA) is 7.76 Å². The van der Waals surface area contributed by atoms with Gasteiger partial charge in [-0.2, -0.15) is 9.13 Å². The molecule has 0 spiro atoms. The standard InChI is InChI=1S/C32H34N2/c1-21-18-25-13-9-10-14-28(25)33(7)31(21)27-19-26(32(4,5)6)20-30(23(27)3)34-22(2)16-17-24-12-8-11-15-29(24)34/h8-20H,1-7H3/q+2. The van der Waals surface area contributed by atoms with Gasteiger partial charge >= 0.3 is 0 Å². The molecule has 0 unspecified atom stereocenters. The van der Waals surface area contributed by atoms with E-state index in [0.717, 1.165) is 0 Å². The van der Waals surface area contributed by atoms with Gasteiger partial charge in [-0.1, -0.05) is 45.0 Å². The van der Waals surface area contributed by atoms with Crippen molar-refractivity contribution in [2.45, 2.75) is 47.0 Å². The van der Waals surface area contributed by atoms with Crippen molar-refractivity contribution in [2.75, 3.05) is 0 Å². The van der Waals surface area contributed by atoms with E-state index in [1.165, 1.54) is 61.1 Å². The van der Waals surface area contributed by atoms with Gasteiger partial charge in [0.25, 0.3) is 0 Å². The molecule has 170 valence electrons. The van der Waals surface area contributed by atoms with Gasteiger partial charge in [0.15, 0.2) is 5.69 Å². The number of benzene rings is 3. The lowest BCUT2D eigenvalue weighted by molar-refractivity contribution is -0.634. The molecule has 0 saturated heterocycles. The Balaban J connectivity index is 1.91. The summed E-state index contributed by atoms with van der Waals surface area (Å²) in [6.45, 7) is 13.6. The minimum Gasteiger partial charge on any atom is -0.194 e. The zero-order valence-electron chi connectivity index (χ0n) is 21.4. The van der Waals surface area contributed by atoms with Crippen molar-refractivity contribution in [1.29, 1.82) is 0 Å². The maximum absolute atomic E-state index is 2.43. The maximum Gasteiger partial charge on any atom is 0.218 e. The molecular formula is C32H34N2+2. The number of hydrogen-bond donors (Lipinski definition) is 0. The molecular weight excluding hydrogens is 412 g/mol. The summed E-state index contributed by atoms with van der Waals surface area (Å²) in [4.78, 5) is 0. The first-order valence-electron chi connectivity index (χ1n) is 12.1. The van der Waals surface area contributed by atoms with Gasteiger partial charge in [-0.25, -0.2) is 0 Å². The van der Waals surface area contributed by atoms with Crippen molar-refractivity contribution >= 4 is 21.8 Å². The van der Waals surface area contributed by atoms with Crippen molar-refractivity contribution < 1.29 is 9.13 Å². The Kier molecular flexibility index (Phi) is 5.28. The summed E-state index contributed by atoms with van der Waals surface area (Å²) in [5, 5.41) is 2.53. The van der Waals surface area contributed by atoms with Crippen LogP contribution in [0.15, 0.2) is 78.9 Å². The molecule has 34 heavy (non-hydrogen) atoms. The van der Waals surface area contributed by atoms with Crippen LogP contribution in [0.25, 0.3) is 38.8 Å². The predicted molar refractivity (Wildman–Crippen MR) is 143 cm³/mol. The average Bonchev–Trinajstić information content (AvgIpc) is 2.80. The van der Waals surface area contributed by atoms with Crippen LogP contribution in [0.2, 0.25) is 0 Å². The summed E-state index contributed by atoms with van der Waals surface area (Å²) < 4.78 is 4.80. The van der Waals surface area contributed by atoms with Gasteiger partial charge in [0, 0.05) is 53.1 Å². The molecule has 0 amide bonds. The van der Waals surface area contributed by atoms with Crippen LogP contribution in [0.5, 0.6) is 0 Å². The van der Waals surface area contributed by atoms with E-state index < -0.39 is 0 Å². The highest BCUT2D eigenvalue weighted by atomic mass is 15.0. The Morgan fingerprint density at radius 2 is 1.32 bits per heavy atom. The van der Waals surface area contributed by atoms with Gasteiger partial charge in [0.2, 0.25) is 22.4 Å². The number of fused-ring (bicyclic) bond motifs is 2. The van der Waals surface area contributed by atoms with Crippen molar-refractivity contribution in [1.82, 2.24) is 0 Å². The van der Waals surface area contributed by atoms with E-state index in [1.54, 1.807) is 0 Å². The molecule has 0 atom stereocenters. The number of hydrogen-bond acceptors (Lipinski definition) is 0. The second kappa shape index (κ2) is 8.06. The van der Waals surface area contributed by atoms with Crippen LogP contribution in [0.1, 0.15) is 43.2 Å². The molecule has 2 aromatic heterocycles. The molecule has 0 aliphatic carbocycles. The first kappa shape index (κ1) is 22.3. The summed E-state index contributed by atoms with van der Waals surface area (Å²) in [5.41, 5.74) is 11.5. The molecule has 2 heterocycles. The van der Waals surface area contributed by atoms with Gasteiger partial charge in [0.05, 0.1) is 5.56 Å². The fourth-order valence-corrected chi connectivity index (χ4v) is 5.23. The number of pyridine rings is 2.